The zero-order valence-electron chi connectivity index (χ0n) is 18.1. The molecular weight excluding hydrogens is 390 g/mol. The molecule has 4 rings (SSSR count). The van der Waals surface area contributed by atoms with Crippen molar-refractivity contribution in [3.63, 3.8) is 0 Å². The van der Waals surface area contributed by atoms with Gasteiger partial charge in [0.05, 0.1) is 13.2 Å². The van der Waals surface area contributed by atoms with Crippen molar-refractivity contribution in [1.82, 2.24) is 15.2 Å². The molecule has 6 nitrogen and oxygen atoms in total. The zero-order valence-corrected chi connectivity index (χ0v) is 18.1. The Labute approximate surface area is 182 Å². The molecule has 6 heteroatoms. The average Bonchev–Trinajstić information content (AvgIpc) is 3.23. The van der Waals surface area contributed by atoms with E-state index in [0.29, 0.717) is 31.1 Å². The third kappa shape index (κ3) is 4.90. The molecule has 2 heterocycles. The van der Waals surface area contributed by atoms with Gasteiger partial charge in [-0.05, 0) is 49.4 Å². The van der Waals surface area contributed by atoms with Gasteiger partial charge in [-0.15, -0.1) is 0 Å². The summed E-state index contributed by atoms with van der Waals surface area (Å²) in [5, 5.41) is 4.08. The maximum atomic E-state index is 12.9. The van der Waals surface area contributed by atoms with E-state index in [9.17, 15) is 9.59 Å². The molecular formula is C25H29N3O3. The largest absolute Gasteiger partial charge is 0.497 e. The summed E-state index contributed by atoms with van der Waals surface area (Å²) in [5.41, 5.74) is 2.59. The molecule has 1 aliphatic heterocycles. The molecule has 0 unspecified atom stereocenters. The van der Waals surface area contributed by atoms with Gasteiger partial charge in [0.25, 0.3) is 5.91 Å². The molecule has 0 spiro atoms. The lowest BCUT2D eigenvalue weighted by Gasteiger charge is -2.31. The Morgan fingerprint density at radius 1 is 1.13 bits per heavy atom. The second-order valence-corrected chi connectivity index (χ2v) is 8.28. The average molecular weight is 420 g/mol. The van der Waals surface area contributed by atoms with Crippen LogP contribution >= 0.6 is 0 Å². The number of nitrogens with one attached hydrogen (secondary N) is 2. The molecule has 1 aromatic heterocycles. The number of hydrogen-bond donors (Lipinski definition) is 2. The fraction of sp³-hybridized carbons (Fsp3) is 0.360. The lowest BCUT2D eigenvalue weighted by molar-refractivity contribution is -0.122. The minimum Gasteiger partial charge on any atom is -0.497 e. The van der Waals surface area contributed by atoms with Crippen molar-refractivity contribution in [3.8, 4) is 5.75 Å². The lowest BCUT2D eigenvalue weighted by Crippen LogP contribution is -2.40. The number of aromatic nitrogens is 1. The number of rotatable bonds is 6. The second kappa shape index (κ2) is 9.25. The topological polar surface area (TPSA) is 74.4 Å². The first-order valence-corrected chi connectivity index (χ1v) is 10.8. The molecule has 3 aromatic rings. The SMILES string of the molecule is COc1ccc2cc(C(=O)N3CCC(CC(=O)N[C@@H](C)c4ccccc4)CC3)[nH]c2c1. The van der Waals surface area contributed by atoms with Gasteiger partial charge in [-0.1, -0.05) is 30.3 Å². The van der Waals surface area contributed by atoms with Gasteiger partial charge in [0, 0.05) is 36.5 Å². The number of fused-ring (bicyclic) bond motifs is 1. The van der Waals surface area contributed by atoms with E-state index >= 15 is 0 Å². The van der Waals surface area contributed by atoms with E-state index in [-0.39, 0.29) is 17.9 Å². The monoisotopic (exact) mass is 419 g/mol. The molecule has 1 atom stereocenters. The van der Waals surface area contributed by atoms with Crippen LogP contribution in [0, 0.1) is 5.92 Å². The molecule has 2 amide bonds. The summed E-state index contributed by atoms with van der Waals surface area (Å²) >= 11 is 0. The molecule has 1 fully saturated rings. The van der Waals surface area contributed by atoms with Crippen LogP contribution in [0.25, 0.3) is 10.9 Å². The Kier molecular flexibility index (Phi) is 6.26. The molecule has 162 valence electrons. The number of hydrogen-bond acceptors (Lipinski definition) is 3. The van der Waals surface area contributed by atoms with Gasteiger partial charge >= 0.3 is 0 Å². The Bertz CT molecular complexity index is 1050. The number of amides is 2. The van der Waals surface area contributed by atoms with Crippen LogP contribution in [0.5, 0.6) is 5.75 Å². The van der Waals surface area contributed by atoms with E-state index in [4.69, 9.17) is 4.74 Å². The van der Waals surface area contributed by atoms with E-state index in [2.05, 4.69) is 10.3 Å². The van der Waals surface area contributed by atoms with Crippen molar-refractivity contribution in [2.45, 2.75) is 32.2 Å². The minimum atomic E-state index is -0.00370. The summed E-state index contributed by atoms with van der Waals surface area (Å²) in [6.45, 7) is 3.35. The van der Waals surface area contributed by atoms with Crippen LogP contribution < -0.4 is 10.1 Å². The van der Waals surface area contributed by atoms with Gasteiger partial charge in [0.1, 0.15) is 11.4 Å². The first kappa shape index (κ1) is 21.0. The first-order chi connectivity index (χ1) is 15.0. The van der Waals surface area contributed by atoms with Crippen LogP contribution in [0.3, 0.4) is 0 Å². The molecule has 31 heavy (non-hydrogen) atoms. The second-order valence-electron chi connectivity index (χ2n) is 8.28. The molecule has 1 saturated heterocycles. The quantitative estimate of drug-likeness (QED) is 0.626. The van der Waals surface area contributed by atoms with Gasteiger partial charge in [0.15, 0.2) is 0 Å². The van der Waals surface area contributed by atoms with Gasteiger partial charge < -0.3 is 19.9 Å². The van der Waals surface area contributed by atoms with Crippen molar-refractivity contribution < 1.29 is 14.3 Å². The Balaban J connectivity index is 1.29. The highest BCUT2D eigenvalue weighted by molar-refractivity contribution is 5.98. The maximum absolute atomic E-state index is 12.9. The van der Waals surface area contributed by atoms with E-state index in [0.717, 1.165) is 35.1 Å². The molecule has 1 aliphatic rings. The number of methoxy groups -OCH3 is 1. The summed E-state index contributed by atoms with van der Waals surface area (Å²) < 4.78 is 5.25. The zero-order chi connectivity index (χ0) is 21.8. The highest BCUT2D eigenvalue weighted by Gasteiger charge is 2.26. The molecule has 0 radical (unpaired) electrons. The summed E-state index contributed by atoms with van der Waals surface area (Å²) in [4.78, 5) is 30.5. The third-order valence-electron chi connectivity index (χ3n) is 6.11. The number of aromatic amines is 1. The molecule has 0 bridgehead atoms. The number of H-pyrrole nitrogens is 1. The van der Waals surface area contributed by atoms with E-state index in [1.54, 1.807) is 7.11 Å². The number of piperidine rings is 1. The third-order valence-corrected chi connectivity index (χ3v) is 6.11. The number of ether oxygens (including phenoxy) is 1. The fourth-order valence-electron chi connectivity index (χ4n) is 4.25. The molecule has 0 aliphatic carbocycles. The predicted molar refractivity (Wildman–Crippen MR) is 121 cm³/mol. The van der Waals surface area contributed by atoms with Gasteiger partial charge in [-0.3, -0.25) is 9.59 Å². The Morgan fingerprint density at radius 3 is 2.58 bits per heavy atom. The number of nitrogens with zero attached hydrogens (tertiary/aromatic N) is 1. The summed E-state index contributed by atoms with van der Waals surface area (Å²) in [7, 11) is 1.63. The standard InChI is InChI=1S/C25H29N3O3/c1-17(19-6-4-3-5-7-19)26-24(29)14-18-10-12-28(13-11-18)25(30)23-15-20-8-9-21(31-2)16-22(20)27-23/h3-9,15-18,27H,10-14H2,1-2H3,(H,26,29)/t17-/m0/s1. The molecule has 2 N–H and O–H groups in total. The summed E-state index contributed by atoms with van der Waals surface area (Å²) in [5.74, 6) is 1.15. The smallest absolute Gasteiger partial charge is 0.270 e. The van der Waals surface area contributed by atoms with Crippen LogP contribution in [-0.2, 0) is 4.79 Å². The fourth-order valence-corrected chi connectivity index (χ4v) is 4.25. The highest BCUT2D eigenvalue weighted by atomic mass is 16.5. The predicted octanol–water partition coefficient (Wildman–Crippen LogP) is 4.30. The number of carbonyl (C=O) groups excluding carboxylic acids is 2. The van der Waals surface area contributed by atoms with Crippen LogP contribution in [-0.4, -0.2) is 41.9 Å². The summed E-state index contributed by atoms with van der Waals surface area (Å²) in [6, 6.07) is 17.6. The van der Waals surface area contributed by atoms with Gasteiger partial charge in [-0.25, -0.2) is 0 Å². The van der Waals surface area contributed by atoms with E-state index in [1.807, 2.05) is 66.4 Å². The molecule has 0 saturated carbocycles. The first-order valence-electron chi connectivity index (χ1n) is 10.8. The van der Waals surface area contributed by atoms with Crippen molar-refractivity contribution >= 4 is 22.7 Å². The van der Waals surface area contributed by atoms with E-state index < -0.39 is 0 Å². The highest BCUT2D eigenvalue weighted by Crippen LogP contribution is 2.25. The van der Waals surface area contributed by atoms with Crippen LogP contribution in [0.15, 0.2) is 54.6 Å². The minimum absolute atomic E-state index is 0.00370. The van der Waals surface area contributed by atoms with Crippen LogP contribution in [0.2, 0.25) is 0 Å². The maximum Gasteiger partial charge on any atom is 0.270 e. The summed E-state index contributed by atoms with van der Waals surface area (Å²) in [6.07, 6.45) is 2.19. The van der Waals surface area contributed by atoms with Crippen molar-refractivity contribution in [1.29, 1.82) is 0 Å². The Morgan fingerprint density at radius 2 is 1.87 bits per heavy atom. The van der Waals surface area contributed by atoms with Crippen LogP contribution in [0.4, 0.5) is 0 Å². The van der Waals surface area contributed by atoms with E-state index in [1.165, 1.54) is 0 Å². The van der Waals surface area contributed by atoms with Crippen molar-refractivity contribution in [3.05, 3.63) is 65.9 Å². The van der Waals surface area contributed by atoms with Crippen molar-refractivity contribution in [2.24, 2.45) is 5.92 Å². The normalized spacial score (nSPS) is 15.6. The Hall–Kier alpha value is -3.28. The molecule has 2 aromatic carbocycles. The lowest BCUT2D eigenvalue weighted by atomic mass is 9.92. The van der Waals surface area contributed by atoms with Crippen molar-refractivity contribution in [2.75, 3.05) is 20.2 Å². The van der Waals surface area contributed by atoms with Gasteiger partial charge in [0.2, 0.25) is 5.91 Å². The number of likely N-dealkylation sites (tertiary alicyclic amines) is 1. The number of carbonyl (C=O) groups is 2. The van der Waals surface area contributed by atoms with Gasteiger partial charge in [-0.2, -0.15) is 0 Å². The number of benzene rings is 2. The van der Waals surface area contributed by atoms with Crippen LogP contribution in [0.1, 0.15) is 48.3 Å².